The first-order valence-corrected chi connectivity index (χ1v) is 15.6. The lowest BCUT2D eigenvalue weighted by Crippen LogP contribution is -2.26. The van der Waals surface area contributed by atoms with Crippen LogP contribution in [0.1, 0.15) is 71.8 Å². The number of nitrogens with zero attached hydrogens (tertiary/aromatic N) is 1. The number of hydrogen-bond acceptors (Lipinski definition) is 4. The zero-order valence-corrected chi connectivity index (χ0v) is 25.9. The Hall–Kier alpha value is -2.99. The smallest absolute Gasteiger partial charge is 0.338 e. The van der Waals surface area contributed by atoms with Crippen LogP contribution in [0.25, 0.3) is 10.9 Å². The van der Waals surface area contributed by atoms with Gasteiger partial charge in [-0.1, -0.05) is 62.6 Å². The highest BCUT2D eigenvalue weighted by Gasteiger charge is 2.32. The summed E-state index contributed by atoms with van der Waals surface area (Å²) in [4.78, 5) is 27.1. The summed E-state index contributed by atoms with van der Waals surface area (Å²) in [6.45, 7) is 2.46. The van der Waals surface area contributed by atoms with Crippen molar-refractivity contribution in [3.63, 3.8) is 0 Å². The summed E-state index contributed by atoms with van der Waals surface area (Å²) in [6.07, 6.45) is 7.47. The lowest BCUT2D eigenvalue weighted by Gasteiger charge is -2.22. The predicted octanol–water partition coefficient (Wildman–Crippen LogP) is 9.01. The Morgan fingerprint density at radius 1 is 0.929 bits per heavy atom. The molecule has 5 rings (SSSR count). The van der Waals surface area contributed by atoms with Gasteiger partial charge in [-0.3, -0.25) is 14.2 Å². The summed E-state index contributed by atoms with van der Waals surface area (Å²) in [5.41, 5.74) is 5.54. The van der Waals surface area contributed by atoms with Crippen molar-refractivity contribution in [2.24, 2.45) is 5.92 Å². The molecule has 1 atom stereocenters. The summed E-state index contributed by atoms with van der Waals surface area (Å²) < 4.78 is 10.9. The number of carbonyl (C=O) groups is 2. The first-order valence-electron chi connectivity index (χ1n) is 14.5. The van der Waals surface area contributed by atoms with E-state index in [1.54, 1.807) is 24.3 Å². The molecule has 0 bridgehead atoms. The molecule has 0 amide bonds. The molecule has 0 radical (unpaired) electrons. The molecular weight excluding hydrogens is 593 g/mol. The van der Waals surface area contributed by atoms with Crippen LogP contribution in [0.2, 0.25) is 0 Å². The first kappa shape index (κ1) is 30.5. The number of ether oxygens (including phenoxy) is 2. The van der Waals surface area contributed by atoms with Crippen LogP contribution < -0.4 is 4.74 Å². The van der Waals surface area contributed by atoms with Crippen LogP contribution in [0.4, 0.5) is 0 Å². The van der Waals surface area contributed by atoms with Crippen LogP contribution in [-0.2, 0) is 35.4 Å². The Labute approximate surface area is 261 Å². The van der Waals surface area contributed by atoms with Gasteiger partial charge in [-0.05, 0) is 120 Å². The Bertz CT molecular complexity index is 1540. The number of rotatable bonds is 10. The number of unbranched alkanes of at least 4 members (excludes halogenated alkanes) is 3. The highest BCUT2D eigenvalue weighted by molar-refractivity contribution is 6.66. The molecule has 220 valence electrons. The van der Waals surface area contributed by atoms with E-state index in [0.29, 0.717) is 30.6 Å². The van der Waals surface area contributed by atoms with Gasteiger partial charge in [0.1, 0.15) is 12.4 Å². The number of alkyl halides is 3. The van der Waals surface area contributed by atoms with Crippen LogP contribution in [0.5, 0.6) is 5.75 Å². The molecule has 0 fully saturated rings. The van der Waals surface area contributed by atoms with Crippen molar-refractivity contribution in [3.8, 4) is 5.75 Å². The summed E-state index contributed by atoms with van der Waals surface area (Å²) >= 11 is 17.2. The fraction of sp³-hybridized carbons (Fsp3) is 0.353. The number of benzene rings is 3. The lowest BCUT2D eigenvalue weighted by atomic mass is 9.86. The second-order valence-electron chi connectivity index (χ2n) is 10.8. The number of hydrogen-bond donors (Lipinski definition) is 0. The van der Waals surface area contributed by atoms with Gasteiger partial charge >= 0.3 is 9.95 Å². The van der Waals surface area contributed by atoms with E-state index >= 15 is 0 Å². The van der Waals surface area contributed by atoms with Gasteiger partial charge < -0.3 is 9.47 Å². The Kier molecular flexibility index (Phi) is 9.82. The molecular formula is C34H34Cl3NO4. The fourth-order valence-electron chi connectivity index (χ4n) is 5.72. The van der Waals surface area contributed by atoms with Crippen molar-refractivity contribution >= 4 is 57.6 Å². The number of carbonyl (C=O) groups excluding carboxylic acids is 2. The van der Waals surface area contributed by atoms with Gasteiger partial charge in [0.2, 0.25) is 0 Å². The molecule has 1 heterocycles. The summed E-state index contributed by atoms with van der Waals surface area (Å²) in [5, 5.41) is 1.03. The summed E-state index contributed by atoms with van der Waals surface area (Å²) in [7, 11) is 0. The Morgan fingerprint density at radius 3 is 2.40 bits per heavy atom. The molecule has 4 aromatic rings. The van der Waals surface area contributed by atoms with Gasteiger partial charge in [-0.25, -0.2) is 0 Å². The number of aryl methyl sites for hydroxylation is 1. The first-order chi connectivity index (χ1) is 20.2. The van der Waals surface area contributed by atoms with E-state index < -0.39 is 3.98 Å². The van der Waals surface area contributed by atoms with Crippen molar-refractivity contribution in [1.82, 2.24) is 4.57 Å². The van der Waals surface area contributed by atoms with E-state index in [2.05, 4.69) is 19.1 Å². The van der Waals surface area contributed by atoms with Crippen LogP contribution in [-0.4, -0.2) is 20.4 Å². The lowest BCUT2D eigenvalue weighted by molar-refractivity contribution is -0.150. The monoisotopic (exact) mass is 625 g/mol. The van der Waals surface area contributed by atoms with Crippen molar-refractivity contribution in [2.45, 2.75) is 68.9 Å². The number of fused-ring (bicyclic) bond motifs is 3. The fourth-order valence-corrected chi connectivity index (χ4v) is 5.99. The normalized spacial score (nSPS) is 14.9. The minimum atomic E-state index is -1.89. The average molecular weight is 627 g/mol. The van der Waals surface area contributed by atoms with E-state index in [0.717, 1.165) is 40.6 Å². The van der Waals surface area contributed by atoms with E-state index in [1.165, 1.54) is 24.8 Å². The Morgan fingerprint density at radius 2 is 1.69 bits per heavy atom. The van der Waals surface area contributed by atoms with Gasteiger partial charge in [0.25, 0.3) is 5.91 Å². The molecule has 0 spiro atoms. The van der Waals surface area contributed by atoms with E-state index in [4.69, 9.17) is 44.3 Å². The van der Waals surface area contributed by atoms with Crippen LogP contribution in [0, 0.1) is 5.92 Å². The van der Waals surface area contributed by atoms with Crippen LogP contribution in [0.15, 0.2) is 72.8 Å². The molecule has 5 nitrogen and oxygen atoms in total. The zero-order chi connectivity index (χ0) is 29.7. The SMILES string of the molecule is CCCCCCc1ccc2c(c1)c1c(n2C(=O)c2ccc(OC(Cl)(Cl)Cl)cc2)CCC(C(=O)OCc2ccccc2)C1. The number of halogens is 3. The maximum Gasteiger partial charge on any atom is 0.338 e. The molecule has 0 aliphatic heterocycles. The maximum absolute atomic E-state index is 13.9. The van der Waals surface area contributed by atoms with E-state index in [-0.39, 0.29) is 24.4 Å². The molecule has 42 heavy (non-hydrogen) atoms. The molecule has 3 aromatic carbocycles. The largest absolute Gasteiger partial charge is 0.461 e. The standard InChI is InChI=1S/C34H34Cl3NO4/c1-2-3-4-6-9-23-12-18-30-28(20-23)29-21-26(33(40)41-22-24-10-7-5-8-11-24)15-19-31(29)38(30)32(39)25-13-16-27(17-14-25)42-34(35,36)37/h5,7-8,10-14,16-18,20,26H,2-4,6,9,15,19,21-22H2,1H3. The number of aromatic nitrogens is 1. The van der Waals surface area contributed by atoms with Gasteiger partial charge in [0, 0.05) is 16.6 Å². The molecule has 1 unspecified atom stereocenters. The minimum absolute atomic E-state index is 0.150. The maximum atomic E-state index is 13.9. The second kappa shape index (κ2) is 13.5. The van der Waals surface area contributed by atoms with Crippen molar-refractivity contribution in [1.29, 1.82) is 0 Å². The summed E-state index contributed by atoms with van der Waals surface area (Å²) in [6, 6.07) is 22.6. The molecule has 1 aromatic heterocycles. The highest BCUT2D eigenvalue weighted by atomic mass is 35.6. The molecule has 0 N–H and O–H groups in total. The van der Waals surface area contributed by atoms with Gasteiger partial charge in [0.15, 0.2) is 0 Å². The topological polar surface area (TPSA) is 57.5 Å². The van der Waals surface area contributed by atoms with E-state index in [9.17, 15) is 9.59 Å². The van der Waals surface area contributed by atoms with Crippen molar-refractivity contribution < 1.29 is 19.1 Å². The predicted molar refractivity (Wildman–Crippen MR) is 169 cm³/mol. The molecule has 8 heteroatoms. The van der Waals surface area contributed by atoms with Gasteiger partial charge in [-0.15, -0.1) is 0 Å². The average Bonchev–Trinajstić information content (AvgIpc) is 3.31. The third kappa shape index (κ3) is 7.31. The van der Waals surface area contributed by atoms with E-state index in [1.807, 2.05) is 41.0 Å². The number of esters is 1. The van der Waals surface area contributed by atoms with Crippen molar-refractivity contribution in [3.05, 3.63) is 101 Å². The third-order valence-corrected chi connectivity index (χ3v) is 8.07. The molecule has 1 aliphatic carbocycles. The van der Waals surface area contributed by atoms with Crippen molar-refractivity contribution in [2.75, 3.05) is 0 Å². The quantitative estimate of drug-likeness (QED) is 0.100. The van der Waals surface area contributed by atoms with Gasteiger partial charge in [-0.2, -0.15) is 0 Å². The third-order valence-electron chi connectivity index (χ3n) is 7.84. The van der Waals surface area contributed by atoms with Crippen LogP contribution in [0.3, 0.4) is 0 Å². The highest BCUT2D eigenvalue weighted by Crippen LogP contribution is 2.37. The molecule has 1 aliphatic rings. The summed E-state index contributed by atoms with van der Waals surface area (Å²) in [5.74, 6) is -0.267. The zero-order valence-electron chi connectivity index (χ0n) is 23.6. The second-order valence-corrected chi connectivity index (χ2v) is 13.0. The van der Waals surface area contributed by atoms with Crippen LogP contribution >= 0.6 is 34.8 Å². The molecule has 0 saturated heterocycles. The Balaban J connectivity index is 1.44. The van der Waals surface area contributed by atoms with Gasteiger partial charge in [0.05, 0.1) is 11.4 Å². The minimum Gasteiger partial charge on any atom is -0.461 e. The molecule has 0 saturated carbocycles.